The first-order valence-electron chi connectivity index (χ1n) is 34.1. The number of thiophene rings is 2. The summed E-state index contributed by atoms with van der Waals surface area (Å²) in [5.74, 6) is 3.84. The second kappa shape index (κ2) is 29.1. The second-order valence-corrected chi connectivity index (χ2v) is 29.4. The minimum Gasteiger partial charge on any atom is -0.423 e. The predicted octanol–water partition coefficient (Wildman–Crippen LogP) is 23.6. The van der Waals surface area contributed by atoms with Crippen molar-refractivity contribution >= 4 is 107 Å². The minimum absolute atomic E-state index is 0.538. The van der Waals surface area contributed by atoms with Crippen molar-refractivity contribution in [2.75, 3.05) is 0 Å². The van der Waals surface area contributed by atoms with Crippen molar-refractivity contribution in [3.63, 3.8) is 0 Å². The van der Waals surface area contributed by atoms with Crippen LogP contribution >= 0.6 is 54.5 Å². The van der Waals surface area contributed by atoms with Gasteiger partial charge in [0.2, 0.25) is 0 Å². The number of hydrogen-bond acceptors (Lipinski definition) is 10. The monoisotopic (exact) mass is 1500 g/mol. The highest BCUT2D eigenvalue weighted by Crippen LogP contribution is 2.43. The third-order valence-corrected chi connectivity index (χ3v) is 21.9. The van der Waals surface area contributed by atoms with E-state index in [9.17, 15) is 0 Å². The van der Waals surface area contributed by atoms with E-state index in [4.69, 9.17) is 40.0 Å². The van der Waals surface area contributed by atoms with Gasteiger partial charge in [-0.15, -0.1) is 22.7 Å². The highest BCUT2D eigenvalue weighted by Gasteiger charge is 2.22. The van der Waals surface area contributed by atoms with E-state index in [1.165, 1.54) is 73.9 Å². The van der Waals surface area contributed by atoms with Crippen LogP contribution < -0.4 is 5.46 Å². The Morgan fingerprint density at radius 3 is 1.08 bits per heavy atom. The molecule has 0 amide bonds. The maximum absolute atomic E-state index is 9.15. The van der Waals surface area contributed by atoms with E-state index < -0.39 is 7.12 Å². The van der Waals surface area contributed by atoms with Gasteiger partial charge in [-0.05, 0) is 157 Å². The summed E-state index contributed by atoms with van der Waals surface area (Å²) in [5, 5.41) is 23.1. The molecule has 0 spiro atoms. The van der Waals surface area contributed by atoms with E-state index in [0.717, 1.165) is 82.0 Å². The zero-order chi connectivity index (χ0) is 70.0. The fraction of sp³-hybridized carbons (Fsp3) is 0.0110. The van der Waals surface area contributed by atoms with Crippen molar-refractivity contribution < 1.29 is 10.0 Å². The van der Waals surface area contributed by atoms with Crippen LogP contribution in [0.25, 0.3) is 164 Å². The van der Waals surface area contributed by atoms with Crippen LogP contribution in [0.15, 0.2) is 343 Å². The van der Waals surface area contributed by atoms with Crippen LogP contribution in [0.4, 0.5) is 0 Å². The highest BCUT2D eigenvalue weighted by atomic mass is 79.9. The standard InChI is InChI=1S/C52H33N3S.C27H17Br2N3.C12H9BO2S/c1-3-11-33(12-4-1)34-19-21-36(22-20-34)51-53-50(35-13-5-2-6-14-35)54-52(55-51)43-29-41(37-23-24-40-27-39-15-7-8-16-44(39)46(40)31-37)28-42(30-43)38-25-26-49-47(32-38)45-17-9-10-18-48(45)56-49;28-23-15-22(16-24(29)17-23)27-31-25(20-9-5-2-6-10-20)30-26(32-27)21-13-11-19(12-14-21)18-7-3-1-4-8-18;14-13(15)8-5-6-12-10(7-8)9-3-1-2-4-11(9)16-12/h1-26,28-32H,27H2;1-17H;1-7,14-15H. The maximum Gasteiger partial charge on any atom is 0.488 e. The van der Waals surface area contributed by atoms with Crippen LogP contribution in [0, 0.1) is 0 Å². The van der Waals surface area contributed by atoms with Gasteiger partial charge in [0.1, 0.15) is 0 Å². The summed E-state index contributed by atoms with van der Waals surface area (Å²) in [5.41, 5.74) is 20.8. The molecule has 0 unspecified atom stereocenters. The summed E-state index contributed by atoms with van der Waals surface area (Å²) in [6.45, 7) is 0. The molecule has 1 aliphatic rings. The smallest absolute Gasteiger partial charge is 0.423 e. The number of halogens is 2. The van der Waals surface area contributed by atoms with Crippen molar-refractivity contribution in [1.29, 1.82) is 0 Å². The molecule has 1 aliphatic carbocycles. The van der Waals surface area contributed by atoms with Gasteiger partial charge in [-0.3, -0.25) is 0 Å². The van der Waals surface area contributed by atoms with Crippen molar-refractivity contribution in [1.82, 2.24) is 29.9 Å². The highest BCUT2D eigenvalue weighted by molar-refractivity contribution is 9.11. The quantitative estimate of drug-likeness (QED) is 0.123. The molecule has 19 rings (SSSR count). The summed E-state index contributed by atoms with van der Waals surface area (Å²) >= 11 is 10.7. The fourth-order valence-corrected chi connectivity index (χ4v) is 16.9. The summed E-state index contributed by atoms with van der Waals surface area (Å²) in [7, 11) is -1.40. The van der Waals surface area contributed by atoms with Gasteiger partial charge >= 0.3 is 7.12 Å². The molecular formula is C91H59BBr2N6O2S2. The Balaban J connectivity index is 0.000000139. The lowest BCUT2D eigenvalue weighted by atomic mass is 9.80. The Morgan fingerprint density at radius 2 is 0.577 bits per heavy atom. The third kappa shape index (κ3) is 13.9. The van der Waals surface area contributed by atoms with Crippen molar-refractivity contribution in [3.05, 3.63) is 354 Å². The Labute approximate surface area is 626 Å². The zero-order valence-electron chi connectivity index (χ0n) is 55.7. The van der Waals surface area contributed by atoms with Crippen LogP contribution in [0.3, 0.4) is 0 Å². The van der Waals surface area contributed by atoms with Crippen LogP contribution in [0.5, 0.6) is 0 Å². The average molecular weight is 1500 g/mol. The van der Waals surface area contributed by atoms with E-state index in [2.05, 4.69) is 244 Å². The van der Waals surface area contributed by atoms with E-state index in [0.29, 0.717) is 40.4 Å². The number of nitrogens with zero attached hydrogens (tertiary/aromatic N) is 6. The SMILES string of the molecule is Brc1cc(Br)cc(-c2nc(-c3ccccc3)nc(-c3ccc(-c4ccccc4)cc3)n2)c1.OB(O)c1ccc2sc3ccccc3c2c1.c1ccc(-c2ccc(-c3nc(-c4ccccc4)nc(-c4cc(-c5ccc6c(c5)-c5ccccc5C6)cc(-c5ccc6sc7ccccc7c6c5)c4)n3)cc2)cc1. The molecule has 494 valence electrons. The second-order valence-electron chi connectivity index (χ2n) is 25.4. The molecule has 13 heteroatoms. The lowest BCUT2D eigenvalue weighted by Gasteiger charge is -2.14. The van der Waals surface area contributed by atoms with Crippen LogP contribution in [-0.2, 0) is 6.42 Å². The molecular weight excluding hydrogens is 1440 g/mol. The molecule has 4 aromatic heterocycles. The Kier molecular flexibility index (Phi) is 18.4. The van der Waals surface area contributed by atoms with Crippen LogP contribution in [0.2, 0.25) is 0 Å². The molecule has 104 heavy (non-hydrogen) atoms. The molecule has 0 bridgehead atoms. The van der Waals surface area contributed by atoms with Crippen molar-refractivity contribution in [3.8, 4) is 124 Å². The molecule has 18 aromatic rings. The molecule has 0 saturated heterocycles. The van der Waals surface area contributed by atoms with Crippen LogP contribution in [0.1, 0.15) is 11.1 Å². The first-order valence-corrected chi connectivity index (χ1v) is 37.3. The Morgan fingerprint density at radius 1 is 0.240 bits per heavy atom. The molecule has 14 aromatic carbocycles. The van der Waals surface area contributed by atoms with Crippen molar-refractivity contribution in [2.45, 2.75) is 6.42 Å². The van der Waals surface area contributed by atoms with Gasteiger partial charge in [0.05, 0.1) is 0 Å². The first-order chi connectivity index (χ1) is 51.1. The van der Waals surface area contributed by atoms with Gasteiger partial charge < -0.3 is 10.0 Å². The Hall–Kier alpha value is -11.5. The van der Waals surface area contributed by atoms with Gasteiger partial charge in [0.15, 0.2) is 34.9 Å². The molecule has 0 aliphatic heterocycles. The molecule has 4 heterocycles. The van der Waals surface area contributed by atoms with E-state index in [1.807, 2.05) is 127 Å². The topological polar surface area (TPSA) is 118 Å². The summed E-state index contributed by atoms with van der Waals surface area (Å²) in [6.07, 6.45) is 0.966. The molecule has 8 nitrogen and oxygen atoms in total. The summed E-state index contributed by atoms with van der Waals surface area (Å²) in [4.78, 5) is 29.9. The van der Waals surface area contributed by atoms with Gasteiger partial charge in [-0.25, -0.2) is 29.9 Å². The molecule has 0 saturated carbocycles. The van der Waals surface area contributed by atoms with E-state index >= 15 is 0 Å². The number of benzene rings is 14. The summed E-state index contributed by atoms with van der Waals surface area (Å²) < 4.78 is 6.90. The number of aromatic nitrogens is 6. The minimum atomic E-state index is -1.40. The lowest BCUT2D eigenvalue weighted by Crippen LogP contribution is -2.29. The zero-order valence-corrected chi connectivity index (χ0v) is 60.5. The van der Waals surface area contributed by atoms with Gasteiger partial charge in [0.25, 0.3) is 0 Å². The lowest BCUT2D eigenvalue weighted by molar-refractivity contribution is 0.426. The average Bonchev–Trinajstić information content (AvgIpc) is 1.50. The summed E-state index contributed by atoms with van der Waals surface area (Å²) in [6, 6.07) is 116. The van der Waals surface area contributed by atoms with Crippen molar-refractivity contribution in [2.24, 2.45) is 0 Å². The number of rotatable bonds is 11. The van der Waals surface area contributed by atoms with Gasteiger partial charge in [-0.1, -0.05) is 293 Å². The van der Waals surface area contributed by atoms with Gasteiger partial charge in [-0.2, -0.15) is 0 Å². The normalized spacial score (nSPS) is 11.4. The predicted molar refractivity (Wildman–Crippen MR) is 440 cm³/mol. The van der Waals surface area contributed by atoms with Gasteiger partial charge in [0, 0.05) is 77.3 Å². The van der Waals surface area contributed by atoms with E-state index in [-0.39, 0.29) is 0 Å². The largest absolute Gasteiger partial charge is 0.488 e. The maximum atomic E-state index is 9.15. The Bertz CT molecular complexity index is 6180. The number of fused-ring (bicyclic) bond motifs is 9. The molecule has 0 atom stereocenters. The number of hydrogen-bond donors (Lipinski definition) is 2. The third-order valence-electron chi connectivity index (χ3n) is 18.7. The van der Waals surface area contributed by atoms with Crippen LogP contribution in [-0.4, -0.2) is 47.1 Å². The first kappa shape index (κ1) is 65.8. The molecule has 0 radical (unpaired) electrons. The fourth-order valence-electron chi connectivity index (χ4n) is 13.5. The molecule has 2 N–H and O–H groups in total. The van der Waals surface area contributed by atoms with E-state index in [1.54, 1.807) is 17.4 Å². The molecule has 0 fully saturated rings.